The van der Waals surface area contributed by atoms with Gasteiger partial charge in [0.05, 0.1) is 27.5 Å². The second-order valence-corrected chi connectivity index (χ2v) is 15.6. The van der Waals surface area contributed by atoms with Gasteiger partial charge in [0.25, 0.3) is 0 Å². The summed E-state index contributed by atoms with van der Waals surface area (Å²) in [7, 11) is 0. The number of para-hydroxylation sites is 5. The lowest BCUT2D eigenvalue weighted by Crippen LogP contribution is -2.33. The predicted octanol–water partition coefficient (Wildman–Crippen LogP) is 14.5. The van der Waals surface area contributed by atoms with Crippen LogP contribution in [0.5, 0.6) is 0 Å². The molecule has 0 bridgehead atoms. The van der Waals surface area contributed by atoms with E-state index in [1.165, 1.54) is 72.0 Å². The highest BCUT2D eigenvalue weighted by Crippen LogP contribution is 2.62. The van der Waals surface area contributed by atoms with E-state index in [4.69, 9.17) is 4.42 Å². The van der Waals surface area contributed by atoms with Gasteiger partial charge < -0.3 is 13.9 Å². The molecule has 58 heavy (non-hydrogen) atoms. The standard InChI is InChI=1S/C55H34N2O/c1-3-15-37(16-4-1)56(38-17-5-2-6-18-38)39-30-27-35(28-31-39)36-29-32-41-40-19-7-10-22-45(40)55(47(41)33-36)46-23-11-13-25-50(46)57-49-24-12-8-21-43(49)52-53(57)48(55)34-44-42-20-9-14-26-51(42)58-54(44)52/h1-34H. The highest BCUT2D eigenvalue weighted by atomic mass is 16.3. The van der Waals surface area contributed by atoms with E-state index in [0.29, 0.717) is 0 Å². The first-order valence-electron chi connectivity index (χ1n) is 20.0. The zero-order chi connectivity index (χ0) is 38.0. The van der Waals surface area contributed by atoms with Crippen LogP contribution in [0.2, 0.25) is 0 Å². The van der Waals surface area contributed by atoms with Gasteiger partial charge in [-0.1, -0.05) is 140 Å². The first kappa shape index (κ1) is 31.6. The van der Waals surface area contributed by atoms with Gasteiger partial charge in [0, 0.05) is 33.2 Å². The van der Waals surface area contributed by atoms with Crippen LogP contribution in [0.1, 0.15) is 22.3 Å². The van der Waals surface area contributed by atoms with Crippen molar-refractivity contribution in [3.8, 4) is 27.9 Å². The third-order valence-corrected chi connectivity index (χ3v) is 12.8. The summed E-state index contributed by atoms with van der Waals surface area (Å²) in [6.45, 7) is 0. The Morgan fingerprint density at radius 2 is 1.02 bits per heavy atom. The molecule has 13 rings (SSSR count). The number of anilines is 3. The molecule has 3 heterocycles. The molecule has 0 saturated carbocycles. The number of hydrogen-bond donors (Lipinski definition) is 0. The summed E-state index contributed by atoms with van der Waals surface area (Å²) in [5, 5.41) is 4.67. The van der Waals surface area contributed by atoms with E-state index < -0.39 is 5.41 Å². The van der Waals surface area contributed by atoms with Crippen LogP contribution in [0.4, 0.5) is 17.1 Å². The topological polar surface area (TPSA) is 21.3 Å². The lowest BCUT2D eigenvalue weighted by molar-refractivity contribution is 0.672. The first-order chi connectivity index (χ1) is 28.8. The van der Waals surface area contributed by atoms with Crippen molar-refractivity contribution in [2.24, 2.45) is 0 Å². The molecular weight excluding hydrogens is 705 g/mol. The fourth-order valence-corrected chi connectivity index (χ4v) is 10.4. The minimum atomic E-state index is -0.578. The van der Waals surface area contributed by atoms with Crippen LogP contribution >= 0.6 is 0 Å². The number of hydrogen-bond acceptors (Lipinski definition) is 2. The SMILES string of the molecule is c1ccc(N(c2ccccc2)c2ccc(-c3ccc4c(c3)C3(c5ccccc5-4)c4ccccc4-n4c5ccccc5c5c6oc7ccccc7c6cc3c54)cc2)cc1. The highest BCUT2D eigenvalue weighted by Gasteiger charge is 2.51. The van der Waals surface area contributed by atoms with Crippen molar-refractivity contribution in [2.75, 3.05) is 4.90 Å². The molecule has 0 saturated heterocycles. The summed E-state index contributed by atoms with van der Waals surface area (Å²) in [6.07, 6.45) is 0. The number of fused-ring (bicyclic) bond motifs is 16. The number of aromatic nitrogens is 1. The Labute approximate surface area is 335 Å². The largest absolute Gasteiger partial charge is 0.455 e. The fourth-order valence-electron chi connectivity index (χ4n) is 10.4. The zero-order valence-corrected chi connectivity index (χ0v) is 31.4. The number of nitrogens with zero attached hydrogens (tertiary/aromatic N) is 2. The van der Waals surface area contributed by atoms with Crippen molar-refractivity contribution in [3.05, 3.63) is 229 Å². The molecule has 1 atom stereocenters. The first-order valence-corrected chi connectivity index (χ1v) is 20.0. The average molecular weight is 739 g/mol. The molecule has 0 N–H and O–H groups in total. The Morgan fingerprint density at radius 3 is 1.81 bits per heavy atom. The third-order valence-electron chi connectivity index (χ3n) is 12.8. The fraction of sp³-hybridized carbons (Fsp3) is 0.0182. The van der Waals surface area contributed by atoms with Gasteiger partial charge in [-0.3, -0.25) is 0 Å². The smallest absolute Gasteiger partial charge is 0.145 e. The quantitative estimate of drug-likeness (QED) is 0.179. The van der Waals surface area contributed by atoms with Crippen LogP contribution in [0.15, 0.2) is 211 Å². The molecule has 1 aliphatic heterocycles. The Morgan fingerprint density at radius 1 is 0.414 bits per heavy atom. The van der Waals surface area contributed by atoms with Crippen molar-refractivity contribution in [3.63, 3.8) is 0 Å². The minimum Gasteiger partial charge on any atom is -0.455 e. The van der Waals surface area contributed by atoms with Crippen LogP contribution in [0.3, 0.4) is 0 Å². The zero-order valence-electron chi connectivity index (χ0n) is 31.4. The van der Waals surface area contributed by atoms with Gasteiger partial charge in [-0.05, 0) is 111 Å². The summed E-state index contributed by atoms with van der Waals surface area (Å²) in [4.78, 5) is 2.32. The van der Waals surface area contributed by atoms with Gasteiger partial charge in [0.15, 0.2) is 0 Å². The van der Waals surface area contributed by atoms with E-state index in [0.717, 1.165) is 39.0 Å². The number of benzene rings is 9. The third kappa shape index (κ3) is 4.07. The van der Waals surface area contributed by atoms with Crippen LogP contribution in [0.25, 0.3) is 71.7 Å². The number of rotatable bonds is 4. The van der Waals surface area contributed by atoms with E-state index in [1.54, 1.807) is 0 Å². The van der Waals surface area contributed by atoms with Gasteiger partial charge in [-0.15, -0.1) is 0 Å². The Bertz CT molecular complexity index is 3410. The molecule has 2 aliphatic rings. The lowest BCUT2D eigenvalue weighted by Gasteiger charge is -2.39. The molecule has 0 amide bonds. The van der Waals surface area contributed by atoms with Gasteiger partial charge in [0.1, 0.15) is 11.2 Å². The molecule has 2 aromatic heterocycles. The van der Waals surface area contributed by atoms with Crippen molar-refractivity contribution in [1.82, 2.24) is 4.57 Å². The second kappa shape index (κ2) is 11.7. The average Bonchev–Trinajstić information content (AvgIpc) is 3.94. The molecule has 11 aromatic rings. The highest BCUT2D eigenvalue weighted by molar-refractivity contribution is 6.26. The molecule has 1 unspecified atom stereocenters. The maximum Gasteiger partial charge on any atom is 0.145 e. The van der Waals surface area contributed by atoms with E-state index >= 15 is 0 Å². The van der Waals surface area contributed by atoms with Gasteiger partial charge in [0.2, 0.25) is 0 Å². The molecule has 270 valence electrons. The maximum absolute atomic E-state index is 6.83. The molecule has 3 nitrogen and oxygen atoms in total. The maximum atomic E-state index is 6.83. The molecule has 1 spiro atoms. The predicted molar refractivity (Wildman–Crippen MR) is 239 cm³/mol. The summed E-state index contributed by atoms with van der Waals surface area (Å²) < 4.78 is 9.33. The lowest BCUT2D eigenvalue weighted by atomic mass is 9.65. The minimum absolute atomic E-state index is 0.578. The second-order valence-electron chi connectivity index (χ2n) is 15.6. The van der Waals surface area contributed by atoms with Crippen LogP contribution in [-0.2, 0) is 5.41 Å². The van der Waals surface area contributed by atoms with Crippen LogP contribution < -0.4 is 4.90 Å². The summed E-state index contributed by atoms with van der Waals surface area (Å²) in [6, 6.07) is 75.4. The number of furan rings is 1. The molecule has 9 aromatic carbocycles. The summed E-state index contributed by atoms with van der Waals surface area (Å²) in [5.74, 6) is 0. The van der Waals surface area contributed by atoms with E-state index in [1.807, 2.05) is 0 Å². The van der Waals surface area contributed by atoms with Crippen LogP contribution in [0, 0.1) is 0 Å². The molecule has 3 heteroatoms. The van der Waals surface area contributed by atoms with Crippen molar-refractivity contribution < 1.29 is 4.42 Å². The monoisotopic (exact) mass is 738 g/mol. The van der Waals surface area contributed by atoms with Crippen molar-refractivity contribution in [2.45, 2.75) is 5.41 Å². The van der Waals surface area contributed by atoms with Crippen molar-refractivity contribution >= 4 is 60.8 Å². The molecule has 1 aliphatic carbocycles. The summed E-state index contributed by atoms with van der Waals surface area (Å²) in [5.41, 5.74) is 18.4. The Hall–Kier alpha value is -7.62. The normalized spacial score (nSPS) is 15.0. The van der Waals surface area contributed by atoms with Crippen molar-refractivity contribution in [1.29, 1.82) is 0 Å². The summed E-state index contributed by atoms with van der Waals surface area (Å²) >= 11 is 0. The van der Waals surface area contributed by atoms with E-state index in [-0.39, 0.29) is 0 Å². The molecular formula is C55H34N2O. The van der Waals surface area contributed by atoms with E-state index in [9.17, 15) is 0 Å². The van der Waals surface area contributed by atoms with Gasteiger partial charge >= 0.3 is 0 Å². The van der Waals surface area contributed by atoms with E-state index in [2.05, 4.69) is 216 Å². The Kier molecular flexibility index (Phi) is 6.37. The van der Waals surface area contributed by atoms with Crippen LogP contribution in [-0.4, -0.2) is 4.57 Å². The van der Waals surface area contributed by atoms with Gasteiger partial charge in [-0.2, -0.15) is 0 Å². The van der Waals surface area contributed by atoms with Gasteiger partial charge in [-0.25, -0.2) is 0 Å². The Balaban J connectivity index is 1.09. The molecule has 0 radical (unpaired) electrons. The molecule has 0 fully saturated rings.